The smallest absolute Gasteiger partial charge is 0.358 e. The van der Waals surface area contributed by atoms with Crippen LogP contribution in [-0.2, 0) is 0 Å². The number of hydrogen-bond acceptors (Lipinski definition) is 3. The normalized spacial score (nSPS) is 10.6. The molecule has 0 N–H and O–H groups in total. The summed E-state index contributed by atoms with van der Waals surface area (Å²) in [5.41, 5.74) is -0.475. The van der Waals surface area contributed by atoms with E-state index in [0.29, 0.717) is 0 Å². The van der Waals surface area contributed by atoms with Gasteiger partial charge < -0.3 is 10.1 Å². The summed E-state index contributed by atoms with van der Waals surface area (Å²) in [4.78, 5) is 12.7. The van der Waals surface area contributed by atoms with E-state index in [1.807, 2.05) is 0 Å². The van der Waals surface area contributed by atoms with Gasteiger partial charge in [0, 0.05) is 11.6 Å². The first-order chi connectivity index (χ1) is 6.43. The number of halogens is 4. The van der Waals surface area contributed by atoms with Gasteiger partial charge in [-0.1, -0.05) is 0 Å². The first-order valence-electron chi connectivity index (χ1n) is 3.22. The number of nitro groups is 1. The number of aromatic nitrogens is 1. The fourth-order valence-corrected chi connectivity index (χ4v) is 1.46. The Morgan fingerprint density at radius 2 is 2.21 bits per heavy atom. The minimum Gasteiger partial charge on any atom is -0.358 e. The Bertz CT molecular complexity index is 388. The lowest BCUT2D eigenvalue weighted by Crippen LogP contribution is -1.98. The van der Waals surface area contributed by atoms with Crippen LogP contribution in [0.5, 0.6) is 0 Å². The van der Waals surface area contributed by atoms with Crippen molar-refractivity contribution in [1.82, 2.24) is 4.98 Å². The summed E-state index contributed by atoms with van der Waals surface area (Å²) in [5.74, 6) is -0.675. The highest BCUT2D eigenvalue weighted by Gasteiger charge is 2.22. The van der Waals surface area contributed by atoms with Crippen molar-refractivity contribution >= 4 is 40.0 Å². The molecule has 1 rings (SSSR count). The average Bonchev–Trinajstić information content (AvgIpc) is 2.08. The van der Waals surface area contributed by atoms with Gasteiger partial charge in [-0.15, -0.1) is 0 Å². The van der Waals surface area contributed by atoms with E-state index in [2.05, 4.69) is 4.98 Å². The van der Waals surface area contributed by atoms with E-state index in [-0.39, 0.29) is 8.72 Å². The molecule has 0 amide bonds. The number of hydrogen-bond donors (Lipinski definition) is 0. The zero-order valence-corrected chi connectivity index (χ0v) is 9.29. The molecule has 0 aromatic carbocycles. The third-order valence-electron chi connectivity index (χ3n) is 1.35. The third-order valence-corrected chi connectivity index (χ3v) is 3.08. The van der Waals surface area contributed by atoms with E-state index in [1.54, 1.807) is 22.6 Å². The summed E-state index contributed by atoms with van der Waals surface area (Å²) in [7, 11) is 0. The highest BCUT2D eigenvalue weighted by atomic mass is 127. The molecule has 0 aliphatic heterocycles. The molecule has 1 aromatic heterocycles. The van der Waals surface area contributed by atoms with Gasteiger partial charge >= 0.3 is 5.82 Å². The molecule has 0 atom stereocenters. The fraction of sp³-hybridized carbons (Fsp3) is 0.167. The average molecular weight is 334 g/mol. The van der Waals surface area contributed by atoms with Crippen molar-refractivity contribution in [3.8, 4) is 0 Å². The molecular weight excluding hydrogens is 332 g/mol. The van der Waals surface area contributed by atoms with Crippen molar-refractivity contribution in [2.75, 3.05) is 0 Å². The van der Waals surface area contributed by atoms with Crippen LogP contribution in [0, 0.1) is 13.7 Å². The van der Waals surface area contributed by atoms with Crippen molar-refractivity contribution in [1.29, 1.82) is 0 Å². The van der Waals surface area contributed by atoms with Crippen molar-refractivity contribution < 1.29 is 13.7 Å². The second-order valence-electron chi connectivity index (χ2n) is 2.23. The van der Waals surface area contributed by atoms with Gasteiger partial charge in [0.2, 0.25) is 0 Å². The van der Waals surface area contributed by atoms with Gasteiger partial charge in [0.05, 0.1) is 3.57 Å². The molecule has 0 bridgehead atoms. The van der Waals surface area contributed by atoms with Crippen LogP contribution < -0.4 is 0 Å². The van der Waals surface area contributed by atoms with Crippen molar-refractivity contribution in [2.24, 2.45) is 0 Å². The third kappa shape index (κ3) is 2.27. The van der Waals surface area contributed by atoms with Gasteiger partial charge in [0.25, 0.3) is 11.6 Å². The fourth-order valence-electron chi connectivity index (χ4n) is 0.756. The highest BCUT2D eigenvalue weighted by molar-refractivity contribution is 14.1. The predicted octanol–water partition coefficient (Wildman–Crippen LogP) is 3.19. The van der Waals surface area contributed by atoms with Crippen LogP contribution in [0.3, 0.4) is 0 Å². The van der Waals surface area contributed by atoms with Crippen LogP contribution in [0.1, 0.15) is 12.0 Å². The predicted molar refractivity (Wildman–Crippen MR) is 53.6 cm³/mol. The molecule has 14 heavy (non-hydrogen) atoms. The van der Waals surface area contributed by atoms with Crippen LogP contribution in [-0.4, -0.2) is 9.91 Å². The molecule has 8 heteroatoms. The SMILES string of the molecule is O=[N+]([O-])c1cc(C(F)F)c(I)c(Cl)n1. The molecule has 0 saturated heterocycles. The molecule has 0 radical (unpaired) electrons. The van der Waals surface area contributed by atoms with E-state index in [0.717, 1.165) is 6.07 Å². The molecule has 0 fully saturated rings. The Morgan fingerprint density at radius 1 is 1.64 bits per heavy atom. The largest absolute Gasteiger partial charge is 0.365 e. The lowest BCUT2D eigenvalue weighted by molar-refractivity contribution is -0.389. The van der Waals surface area contributed by atoms with E-state index >= 15 is 0 Å². The number of nitrogens with zero attached hydrogens (tertiary/aromatic N) is 2. The van der Waals surface area contributed by atoms with Crippen LogP contribution in [0.4, 0.5) is 14.6 Å². The molecule has 0 saturated carbocycles. The summed E-state index contributed by atoms with van der Waals surface area (Å²) in [6.45, 7) is 0. The second-order valence-corrected chi connectivity index (χ2v) is 3.67. The molecule has 1 heterocycles. The van der Waals surface area contributed by atoms with Crippen molar-refractivity contribution in [3.63, 3.8) is 0 Å². The Balaban J connectivity index is 3.35. The zero-order valence-electron chi connectivity index (χ0n) is 6.38. The minimum absolute atomic E-state index is 0.0323. The molecule has 0 unspecified atom stereocenters. The molecule has 0 aliphatic rings. The monoisotopic (exact) mass is 334 g/mol. The van der Waals surface area contributed by atoms with Gasteiger partial charge in [0.1, 0.15) is 0 Å². The van der Waals surface area contributed by atoms with Crippen LogP contribution in [0.15, 0.2) is 6.07 Å². The molecule has 1 aromatic rings. The van der Waals surface area contributed by atoms with Crippen molar-refractivity contribution in [3.05, 3.63) is 30.5 Å². The zero-order chi connectivity index (χ0) is 10.9. The lowest BCUT2D eigenvalue weighted by Gasteiger charge is -2.02. The van der Waals surface area contributed by atoms with E-state index in [9.17, 15) is 18.9 Å². The molecule has 4 nitrogen and oxygen atoms in total. The van der Waals surface area contributed by atoms with Gasteiger partial charge in [-0.05, 0) is 44.1 Å². The summed E-state index contributed by atoms with van der Waals surface area (Å²) < 4.78 is 24.7. The Morgan fingerprint density at radius 3 is 2.64 bits per heavy atom. The number of alkyl halides is 2. The minimum atomic E-state index is -2.80. The quantitative estimate of drug-likeness (QED) is 0.361. The van der Waals surface area contributed by atoms with Gasteiger partial charge in [-0.3, -0.25) is 0 Å². The van der Waals surface area contributed by atoms with Gasteiger partial charge in [-0.2, -0.15) is 0 Å². The Hall–Kier alpha value is -0.570. The van der Waals surface area contributed by atoms with E-state index < -0.39 is 22.7 Å². The maximum atomic E-state index is 12.3. The van der Waals surface area contributed by atoms with Crippen LogP contribution >= 0.6 is 34.2 Å². The second kappa shape index (κ2) is 4.30. The maximum absolute atomic E-state index is 12.3. The number of pyridine rings is 1. The topological polar surface area (TPSA) is 56.0 Å². The molecule has 0 spiro atoms. The van der Waals surface area contributed by atoms with Crippen LogP contribution in [0.2, 0.25) is 5.15 Å². The first kappa shape index (κ1) is 11.5. The summed E-state index contributed by atoms with van der Waals surface area (Å²) in [6.07, 6.45) is -2.80. The number of rotatable bonds is 2. The molecule has 76 valence electrons. The Labute approximate surface area is 95.6 Å². The maximum Gasteiger partial charge on any atom is 0.365 e. The molecule has 0 aliphatic carbocycles. The summed E-state index contributed by atoms with van der Waals surface area (Å²) in [5, 5.41) is 9.99. The van der Waals surface area contributed by atoms with Gasteiger partial charge in [0.15, 0.2) is 0 Å². The molecular formula is C6H2ClF2IN2O2. The van der Waals surface area contributed by atoms with E-state index in [4.69, 9.17) is 11.6 Å². The first-order valence-corrected chi connectivity index (χ1v) is 4.67. The summed E-state index contributed by atoms with van der Waals surface area (Å²) in [6, 6.07) is 0.721. The van der Waals surface area contributed by atoms with Gasteiger partial charge in [-0.25, -0.2) is 8.78 Å². The van der Waals surface area contributed by atoms with Crippen LogP contribution in [0.25, 0.3) is 0 Å². The standard InChI is InChI=1S/C6H2ClF2IN2O2/c7-5-4(10)2(6(8)9)1-3(11-5)12(13)14/h1,6H. The van der Waals surface area contributed by atoms with Crippen molar-refractivity contribution in [2.45, 2.75) is 6.43 Å². The lowest BCUT2D eigenvalue weighted by atomic mass is 10.3. The van der Waals surface area contributed by atoms with E-state index in [1.165, 1.54) is 0 Å². The Kier molecular flexibility index (Phi) is 3.53. The summed E-state index contributed by atoms with van der Waals surface area (Å²) >= 11 is 7.01. The highest BCUT2D eigenvalue weighted by Crippen LogP contribution is 2.31.